The summed E-state index contributed by atoms with van der Waals surface area (Å²) in [6.45, 7) is 5.63. The minimum atomic E-state index is 0.322. The van der Waals surface area contributed by atoms with Crippen molar-refractivity contribution in [3.05, 3.63) is 72.8 Å². The van der Waals surface area contributed by atoms with Gasteiger partial charge in [0.25, 0.3) is 0 Å². The molecule has 88 valence electrons. The first-order valence-corrected chi connectivity index (χ1v) is 5.03. The summed E-state index contributed by atoms with van der Waals surface area (Å²) < 4.78 is 0. The lowest BCUT2D eigenvalue weighted by Crippen LogP contribution is -1.63. The lowest BCUT2D eigenvalue weighted by atomic mass is 10.2. The highest BCUT2D eigenvalue weighted by atomic mass is 16.3. The topological polar surface area (TPSA) is 37.3 Å². The largest absolute Gasteiger partial charge is 0.508 e. The minimum Gasteiger partial charge on any atom is -0.508 e. The van der Waals surface area contributed by atoms with Crippen molar-refractivity contribution in [2.75, 3.05) is 0 Å². The van der Waals surface area contributed by atoms with Gasteiger partial charge in [-0.3, -0.25) is 0 Å². The van der Waals surface area contributed by atoms with E-state index in [0.717, 1.165) is 0 Å². The number of rotatable bonds is 1. The van der Waals surface area contributed by atoms with E-state index in [1.165, 1.54) is 5.56 Å². The molecule has 0 atom stereocenters. The molecule has 0 bridgehead atoms. The predicted molar refractivity (Wildman–Crippen MR) is 71.8 cm³/mol. The average Bonchev–Trinajstić information content (AvgIpc) is 2.43. The summed E-state index contributed by atoms with van der Waals surface area (Å²) >= 11 is 0. The Morgan fingerprint density at radius 2 is 1.24 bits per heavy atom. The monoisotopic (exact) mass is 228 g/mol. The van der Waals surface area contributed by atoms with Crippen molar-refractivity contribution < 1.29 is 9.90 Å². The van der Waals surface area contributed by atoms with Crippen LogP contribution in [0.3, 0.4) is 0 Å². The number of benzene rings is 2. The van der Waals surface area contributed by atoms with E-state index in [1.54, 1.807) is 24.3 Å². The standard InChI is InChI=1S/C8H8.C6H6O.CH2O/c1-2-8-6-4-3-5-7-8;7-6-4-2-1-3-5-6;1-2/h2-7H,1H2;1-5,7H;1H2. The maximum Gasteiger partial charge on any atom is 0.115 e. The van der Waals surface area contributed by atoms with Crippen LogP contribution >= 0.6 is 0 Å². The van der Waals surface area contributed by atoms with Gasteiger partial charge in [-0.1, -0.05) is 61.2 Å². The number of carbonyl (C=O) groups excluding carboxylic acids is 1. The van der Waals surface area contributed by atoms with E-state index in [4.69, 9.17) is 9.90 Å². The lowest BCUT2D eigenvalue weighted by Gasteiger charge is -1.85. The molecule has 0 unspecified atom stereocenters. The quantitative estimate of drug-likeness (QED) is 0.810. The highest BCUT2D eigenvalue weighted by Crippen LogP contribution is 2.02. The van der Waals surface area contributed by atoms with Gasteiger partial charge in [-0.2, -0.15) is 0 Å². The first-order valence-electron chi connectivity index (χ1n) is 5.03. The summed E-state index contributed by atoms with van der Waals surface area (Å²) in [5.74, 6) is 0.322. The summed E-state index contributed by atoms with van der Waals surface area (Å²) in [7, 11) is 0. The molecule has 0 aliphatic rings. The Bertz CT molecular complexity index is 396. The summed E-state index contributed by atoms with van der Waals surface area (Å²) in [5.41, 5.74) is 1.17. The molecule has 2 rings (SSSR count). The minimum absolute atomic E-state index is 0.322. The van der Waals surface area contributed by atoms with Gasteiger partial charge in [-0.15, -0.1) is 0 Å². The third-order valence-corrected chi connectivity index (χ3v) is 1.79. The Balaban J connectivity index is 0.000000265. The van der Waals surface area contributed by atoms with Gasteiger partial charge < -0.3 is 9.90 Å². The number of phenolic OH excluding ortho intramolecular Hbond substituents is 1. The van der Waals surface area contributed by atoms with Crippen LogP contribution in [0.25, 0.3) is 6.08 Å². The maximum atomic E-state index is 8.63. The first-order chi connectivity index (χ1) is 8.33. The van der Waals surface area contributed by atoms with Crippen molar-refractivity contribution in [2.24, 2.45) is 0 Å². The van der Waals surface area contributed by atoms with Crippen LogP contribution in [-0.2, 0) is 4.79 Å². The lowest BCUT2D eigenvalue weighted by molar-refractivity contribution is -0.0979. The molecule has 1 N–H and O–H groups in total. The molecule has 0 saturated carbocycles. The molecule has 2 aromatic carbocycles. The van der Waals surface area contributed by atoms with Crippen LogP contribution in [0.1, 0.15) is 5.56 Å². The van der Waals surface area contributed by atoms with E-state index in [0.29, 0.717) is 5.75 Å². The Morgan fingerprint density at radius 1 is 0.824 bits per heavy atom. The highest BCUT2D eigenvalue weighted by molar-refractivity contribution is 5.45. The Labute approximate surface area is 102 Å². The predicted octanol–water partition coefficient (Wildman–Crippen LogP) is 3.54. The van der Waals surface area contributed by atoms with E-state index in [2.05, 4.69) is 6.58 Å². The van der Waals surface area contributed by atoms with Crippen LogP contribution in [-0.4, -0.2) is 11.9 Å². The summed E-state index contributed by atoms with van der Waals surface area (Å²) in [6.07, 6.45) is 1.83. The van der Waals surface area contributed by atoms with Gasteiger partial charge in [-0.25, -0.2) is 0 Å². The van der Waals surface area contributed by atoms with Gasteiger partial charge >= 0.3 is 0 Å². The highest BCUT2D eigenvalue weighted by Gasteiger charge is 1.76. The molecular formula is C15H16O2. The fourth-order valence-corrected chi connectivity index (χ4v) is 1.02. The van der Waals surface area contributed by atoms with Crippen LogP contribution in [0.15, 0.2) is 67.2 Å². The van der Waals surface area contributed by atoms with Gasteiger partial charge in [0.1, 0.15) is 12.5 Å². The molecule has 17 heavy (non-hydrogen) atoms. The molecule has 0 fully saturated rings. The summed E-state index contributed by atoms with van der Waals surface area (Å²) in [5, 5.41) is 8.63. The molecule has 0 aromatic heterocycles. The van der Waals surface area contributed by atoms with Crippen LogP contribution in [0.4, 0.5) is 0 Å². The second kappa shape index (κ2) is 10.2. The second-order valence-corrected chi connectivity index (χ2v) is 2.95. The molecule has 0 spiro atoms. The SMILES string of the molecule is C=Cc1ccccc1.C=O.Oc1ccccc1. The molecular weight excluding hydrogens is 212 g/mol. The normalized spacial score (nSPS) is 7.76. The van der Waals surface area contributed by atoms with Gasteiger partial charge in [-0.05, 0) is 17.7 Å². The van der Waals surface area contributed by atoms with Crippen LogP contribution in [0.2, 0.25) is 0 Å². The molecule has 0 amide bonds. The second-order valence-electron chi connectivity index (χ2n) is 2.95. The first kappa shape index (κ1) is 14.6. The van der Waals surface area contributed by atoms with Crippen molar-refractivity contribution in [3.8, 4) is 5.75 Å². The molecule has 0 heterocycles. The Kier molecular flexibility index (Phi) is 8.77. The zero-order chi connectivity index (χ0) is 12.9. The Morgan fingerprint density at radius 3 is 1.47 bits per heavy atom. The molecule has 2 nitrogen and oxygen atoms in total. The molecule has 0 aliphatic carbocycles. The molecule has 0 saturated heterocycles. The average molecular weight is 228 g/mol. The summed E-state index contributed by atoms with van der Waals surface area (Å²) in [6, 6.07) is 18.7. The van der Waals surface area contributed by atoms with Crippen LogP contribution < -0.4 is 0 Å². The van der Waals surface area contributed by atoms with E-state index in [-0.39, 0.29) is 0 Å². The van der Waals surface area contributed by atoms with Gasteiger partial charge in [0.05, 0.1) is 0 Å². The van der Waals surface area contributed by atoms with Gasteiger partial charge in [0.15, 0.2) is 0 Å². The van der Waals surface area contributed by atoms with Crippen molar-refractivity contribution in [1.29, 1.82) is 0 Å². The number of hydrogen-bond acceptors (Lipinski definition) is 2. The van der Waals surface area contributed by atoms with Crippen LogP contribution in [0.5, 0.6) is 5.75 Å². The third-order valence-electron chi connectivity index (χ3n) is 1.79. The number of para-hydroxylation sites is 1. The molecule has 2 aromatic rings. The smallest absolute Gasteiger partial charge is 0.115 e. The van der Waals surface area contributed by atoms with E-state index < -0.39 is 0 Å². The molecule has 2 heteroatoms. The molecule has 0 aliphatic heterocycles. The number of carbonyl (C=O) groups is 1. The maximum absolute atomic E-state index is 8.63. The van der Waals surface area contributed by atoms with Crippen molar-refractivity contribution >= 4 is 12.9 Å². The fraction of sp³-hybridized carbons (Fsp3) is 0. The number of aromatic hydroxyl groups is 1. The zero-order valence-electron chi connectivity index (χ0n) is 9.62. The van der Waals surface area contributed by atoms with Crippen LogP contribution in [0, 0.1) is 0 Å². The van der Waals surface area contributed by atoms with E-state index in [1.807, 2.05) is 49.3 Å². The van der Waals surface area contributed by atoms with E-state index in [9.17, 15) is 0 Å². The van der Waals surface area contributed by atoms with Gasteiger partial charge in [0, 0.05) is 0 Å². The van der Waals surface area contributed by atoms with Crippen molar-refractivity contribution in [3.63, 3.8) is 0 Å². The molecule has 0 radical (unpaired) electrons. The summed E-state index contributed by atoms with van der Waals surface area (Å²) in [4.78, 5) is 8.00. The van der Waals surface area contributed by atoms with Crippen molar-refractivity contribution in [2.45, 2.75) is 0 Å². The Hall–Kier alpha value is -2.35. The van der Waals surface area contributed by atoms with Crippen molar-refractivity contribution in [1.82, 2.24) is 0 Å². The fourth-order valence-electron chi connectivity index (χ4n) is 1.02. The number of hydrogen-bond donors (Lipinski definition) is 1. The third kappa shape index (κ3) is 7.56. The van der Waals surface area contributed by atoms with E-state index >= 15 is 0 Å². The van der Waals surface area contributed by atoms with Gasteiger partial charge in [0.2, 0.25) is 0 Å². The number of phenols is 1. The zero-order valence-corrected chi connectivity index (χ0v) is 9.62.